The molecular weight excluding hydrogens is 342 g/mol. The molecule has 1 aromatic carbocycles. The number of carbonyl (C=O) groups excluding carboxylic acids is 1. The molecule has 1 fully saturated rings. The van der Waals surface area contributed by atoms with Gasteiger partial charge in [0.25, 0.3) is 0 Å². The van der Waals surface area contributed by atoms with Gasteiger partial charge in [0.1, 0.15) is 5.76 Å². The molecule has 1 saturated heterocycles. The molecule has 0 unspecified atom stereocenters. The third kappa shape index (κ3) is 4.61. The molecule has 3 rings (SSSR count). The molecule has 134 valence electrons. The number of sulfonamides is 1. The Balaban J connectivity index is 1.50. The number of carbonyl (C=O) groups is 1. The summed E-state index contributed by atoms with van der Waals surface area (Å²) < 4.78 is 31.6. The topological polar surface area (TPSA) is 82.9 Å². The largest absolute Gasteiger partial charge is 0.467 e. The predicted molar refractivity (Wildman–Crippen MR) is 93.2 cm³/mol. The Morgan fingerprint density at radius 3 is 2.40 bits per heavy atom. The number of nitrogens with one attached hydrogen (secondary N) is 1. The highest BCUT2D eigenvalue weighted by atomic mass is 32.2. The first kappa shape index (κ1) is 17.5. The summed E-state index contributed by atoms with van der Waals surface area (Å²) in [6.45, 7) is 1.68. The van der Waals surface area contributed by atoms with Crippen molar-refractivity contribution >= 4 is 16.1 Å². The van der Waals surface area contributed by atoms with Crippen LogP contribution in [0.15, 0.2) is 53.1 Å². The highest BCUT2D eigenvalue weighted by Crippen LogP contribution is 2.13. The molecule has 2 aromatic rings. The number of hydrogen-bond acceptors (Lipinski definition) is 4. The maximum Gasteiger partial charge on any atom is 0.317 e. The van der Waals surface area contributed by atoms with Gasteiger partial charge in [-0.05, 0) is 17.7 Å². The van der Waals surface area contributed by atoms with Crippen LogP contribution in [-0.4, -0.2) is 49.8 Å². The Kier molecular flexibility index (Phi) is 5.40. The zero-order valence-electron chi connectivity index (χ0n) is 13.8. The van der Waals surface area contributed by atoms with Gasteiger partial charge in [0, 0.05) is 26.2 Å². The average molecular weight is 363 g/mol. The Morgan fingerprint density at radius 2 is 1.76 bits per heavy atom. The lowest BCUT2D eigenvalue weighted by atomic mass is 10.2. The van der Waals surface area contributed by atoms with Crippen LogP contribution in [0.1, 0.15) is 11.3 Å². The molecule has 2 amide bonds. The lowest BCUT2D eigenvalue weighted by molar-refractivity contribution is 0.171. The van der Waals surface area contributed by atoms with Crippen molar-refractivity contribution < 1.29 is 17.6 Å². The van der Waals surface area contributed by atoms with Crippen molar-refractivity contribution in [2.45, 2.75) is 12.3 Å². The standard InChI is InChI=1S/C17H21N3O4S/c21-17(18-13-16-7-4-12-24-16)19-8-10-20(11-9-19)25(22,23)14-15-5-2-1-3-6-15/h1-7,12H,8-11,13-14H2,(H,18,21). The summed E-state index contributed by atoms with van der Waals surface area (Å²) >= 11 is 0. The Morgan fingerprint density at radius 1 is 1.04 bits per heavy atom. The summed E-state index contributed by atoms with van der Waals surface area (Å²) in [5.74, 6) is 0.663. The molecule has 2 heterocycles. The quantitative estimate of drug-likeness (QED) is 0.875. The number of urea groups is 1. The highest BCUT2D eigenvalue weighted by molar-refractivity contribution is 7.88. The van der Waals surface area contributed by atoms with Crippen LogP contribution in [-0.2, 0) is 22.3 Å². The van der Waals surface area contributed by atoms with Gasteiger partial charge in [-0.15, -0.1) is 0 Å². The minimum atomic E-state index is -3.37. The van der Waals surface area contributed by atoms with Gasteiger partial charge in [-0.3, -0.25) is 0 Å². The molecule has 1 aliphatic heterocycles. The Labute approximate surface area is 147 Å². The molecule has 1 aromatic heterocycles. The fourth-order valence-corrected chi connectivity index (χ4v) is 4.25. The van der Waals surface area contributed by atoms with E-state index < -0.39 is 10.0 Å². The molecule has 0 bridgehead atoms. The fraction of sp³-hybridized carbons (Fsp3) is 0.353. The zero-order chi connectivity index (χ0) is 17.7. The van der Waals surface area contributed by atoms with E-state index in [9.17, 15) is 13.2 Å². The van der Waals surface area contributed by atoms with Crippen LogP contribution >= 0.6 is 0 Å². The van der Waals surface area contributed by atoms with Crippen LogP contribution in [0.3, 0.4) is 0 Å². The van der Waals surface area contributed by atoms with Crippen LogP contribution in [0.4, 0.5) is 4.79 Å². The molecule has 1 aliphatic rings. The van der Waals surface area contributed by atoms with Crippen molar-refractivity contribution in [3.8, 4) is 0 Å². The molecular formula is C17H21N3O4S. The van der Waals surface area contributed by atoms with E-state index in [0.717, 1.165) is 5.56 Å². The molecule has 0 saturated carbocycles. The van der Waals surface area contributed by atoms with E-state index in [-0.39, 0.29) is 11.8 Å². The van der Waals surface area contributed by atoms with Crippen LogP contribution in [0.5, 0.6) is 0 Å². The second-order valence-electron chi connectivity index (χ2n) is 5.87. The van der Waals surface area contributed by atoms with E-state index in [1.54, 1.807) is 35.4 Å². The Bertz CT molecular complexity index is 783. The first-order valence-electron chi connectivity index (χ1n) is 8.11. The number of amides is 2. The second kappa shape index (κ2) is 7.71. The molecule has 7 nitrogen and oxygen atoms in total. The first-order valence-corrected chi connectivity index (χ1v) is 9.72. The molecule has 8 heteroatoms. The highest BCUT2D eigenvalue weighted by Gasteiger charge is 2.28. The summed E-state index contributed by atoms with van der Waals surface area (Å²) in [4.78, 5) is 13.8. The zero-order valence-corrected chi connectivity index (χ0v) is 14.6. The normalized spacial score (nSPS) is 15.9. The number of furan rings is 1. The molecule has 25 heavy (non-hydrogen) atoms. The lowest BCUT2D eigenvalue weighted by Gasteiger charge is -2.34. The van der Waals surface area contributed by atoms with Gasteiger partial charge in [0.2, 0.25) is 10.0 Å². The molecule has 1 N–H and O–H groups in total. The molecule has 0 spiro atoms. The third-order valence-corrected chi connectivity index (χ3v) is 5.96. The minimum absolute atomic E-state index is 0.0153. The van der Waals surface area contributed by atoms with Gasteiger partial charge >= 0.3 is 6.03 Å². The maximum atomic E-state index is 12.5. The summed E-state index contributed by atoms with van der Waals surface area (Å²) in [5, 5.41) is 2.77. The molecule has 0 atom stereocenters. The van der Waals surface area contributed by atoms with E-state index >= 15 is 0 Å². The van der Waals surface area contributed by atoms with Gasteiger partial charge in [-0.25, -0.2) is 13.2 Å². The van der Waals surface area contributed by atoms with Gasteiger partial charge in [0.15, 0.2) is 0 Å². The van der Waals surface area contributed by atoms with Crippen molar-refractivity contribution in [3.05, 3.63) is 60.1 Å². The maximum absolute atomic E-state index is 12.5. The average Bonchev–Trinajstić information content (AvgIpc) is 3.14. The van der Waals surface area contributed by atoms with E-state index in [0.29, 0.717) is 38.5 Å². The van der Waals surface area contributed by atoms with Crippen molar-refractivity contribution in [3.63, 3.8) is 0 Å². The second-order valence-corrected chi connectivity index (χ2v) is 7.83. The smallest absolute Gasteiger partial charge is 0.317 e. The van der Waals surface area contributed by atoms with Gasteiger partial charge in [0.05, 0.1) is 18.6 Å². The van der Waals surface area contributed by atoms with Gasteiger partial charge < -0.3 is 14.6 Å². The summed E-state index contributed by atoms with van der Waals surface area (Å²) in [6, 6.07) is 12.4. The van der Waals surface area contributed by atoms with Crippen molar-refractivity contribution in [1.82, 2.24) is 14.5 Å². The van der Waals surface area contributed by atoms with E-state index in [1.807, 2.05) is 18.2 Å². The monoisotopic (exact) mass is 363 g/mol. The van der Waals surface area contributed by atoms with E-state index in [2.05, 4.69) is 5.32 Å². The van der Waals surface area contributed by atoms with Crippen LogP contribution in [0.25, 0.3) is 0 Å². The summed E-state index contributed by atoms with van der Waals surface area (Å²) in [6.07, 6.45) is 1.55. The summed E-state index contributed by atoms with van der Waals surface area (Å²) in [5.41, 5.74) is 0.765. The van der Waals surface area contributed by atoms with Gasteiger partial charge in [-0.2, -0.15) is 4.31 Å². The van der Waals surface area contributed by atoms with Crippen LogP contribution < -0.4 is 5.32 Å². The van der Waals surface area contributed by atoms with Gasteiger partial charge in [-0.1, -0.05) is 30.3 Å². The fourth-order valence-electron chi connectivity index (χ4n) is 2.73. The van der Waals surface area contributed by atoms with Crippen LogP contribution in [0, 0.1) is 0 Å². The molecule has 0 radical (unpaired) electrons. The number of benzene rings is 1. The van der Waals surface area contributed by atoms with Crippen molar-refractivity contribution in [2.24, 2.45) is 0 Å². The van der Waals surface area contributed by atoms with Crippen molar-refractivity contribution in [1.29, 1.82) is 0 Å². The number of nitrogens with zero attached hydrogens (tertiary/aromatic N) is 2. The van der Waals surface area contributed by atoms with Crippen LogP contribution in [0.2, 0.25) is 0 Å². The number of hydrogen-bond donors (Lipinski definition) is 1. The predicted octanol–water partition coefficient (Wildman–Crippen LogP) is 1.64. The van der Waals surface area contributed by atoms with E-state index in [1.165, 1.54) is 4.31 Å². The van der Waals surface area contributed by atoms with Crippen molar-refractivity contribution in [2.75, 3.05) is 26.2 Å². The lowest BCUT2D eigenvalue weighted by Crippen LogP contribution is -2.53. The SMILES string of the molecule is O=C(NCc1ccco1)N1CCN(S(=O)(=O)Cc2ccccc2)CC1. The third-order valence-electron chi connectivity index (χ3n) is 4.11. The first-order chi connectivity index (χ1) is 12.0. The minimum Gasteiger partial charge on any atom is -0.467 e. The molecule has 0 aliphatic carbocycles. The Hall–Kier alpha value is -2.32. The summed E-state index contributed by atoms with van der Waals surface area (Å²) in [7, 11) is -3.37. The number of rotatable bonds is 5. The van der Waals surface area contributed by atoms with E-state index in [4.69, 9.17) is 4.42 Å². The number of piperazine rings is 1.